The number of carbonyl (C=O) groups excluding carboxylic acids is 3. The molecule has 7 nitrogen and oxygen atoms in total. The molecule has 176 valence electrons. The van der Waals surface area contributed by atoms with E-state index >= 15 is 0 Å². The van der Waals surface area contributed by atoms with E-state index in [-0.39, 0.29) is 17.2 Å². The number of benzene rings is 2. The van der Waals surface area contributed by atoms with Crippen LogP contribution in [0.2, 0.25) is 0 Å². The Balaban J connectivity index is 2.03. The molecule has 1 amide bonds. The van der Waals surface area contributed by atoms with Gasteiger partial charge in [-0.2, -0.15) is 0 Å². The Morgan fingerprint density at radius 1 is 0.882 bits per heavy atom. The van der Waals surface area contributed by atoms with Gasteiger partial charge in [0, 0.05) is 23.1 Å². The second kappa shape index (κ2) is 11.1. The van der Waals surface area contributed by atoms with E-state index in [1.54, 1.807) is 42.6 Å². The fourth-order valence-electron chi connectivity index (χ4n) is 3.75. The number of hydrogen-bond acceptors (Lipinski definition) is 6. The van der Waals surface area contributed by atoms with E-state index in [2.05, 4.69) is 5.32 Å². The highest BCUT2D eigenvalue weighted by molar-refractivity contribution is 6.07. The van der Waals surface area contributed by atoms with Crippen LogP contribution in [0.4, 0.5) is 11.4 Å². The Hall–Kier alpha value is -4.13. The molecule has 0 radical (unpaired) electrons. The first kappa shape index (κ1) is 24.5. The van der Waals surface area contributed by atoms with E-state index < -0.39 is 11.9 Å². The lowest BCUT2D eigenvalue weighted by molar-refractivity contribution is -0.139. The lowest BCUT2D eigenvalue weighted by Crippen LogP contribution is -2.27. The van der Waals surface area contributed by atoms with Crippen molar-refractivity contribution >= 4 is 29.2 Å². The summed E-state index contributed by atoms with van der Waals surface area (Å²) >= 11 is 0. The number of anilines is 2. The van der Waals surface area contributed by atoms with Crippen LogP contribution in [0, 0.1) is 0 Å². The summed E-state index contributed by atoms with van der Waals surface area (Å²) in [5.74, 6) is -1.66. The minimum Gasteiger partial charge on any atom is -0.465 e. The van der Waals surface area contributed by atoms with Crippen LogP contribution in [0.1, 0.15) is 35.3 Å². The first-order chi connectivity index (χ1) is 16.4. The van der Waals surface area contributed by atoms with Crippen molar-refractivity contribution in [1.82, 2.24) is 0 Å². The molecule has 0 fully saturated rings. The lowest BCUT2D eigenvalue weighted by atomic mass is 10.0. The highest BCUT2D eigenvalue weighted by Gasteiger charge is 2.27. The average Bonchev–Trinajstić information content (AvgIpc) is 3.11. The van der Waals surface area contributed by atoms with Gasteiger partial charge in [0.1, 0.15) is 5.70 Å². The molecule has 1 aliphatic rings. The number of hydrogen-bond donors (Lipinski definition) is 1. The number of rotatable bonds is 7. The smallest absolute Gasteiger partial charge is 0.355 e. The lowest BCUT2D eigenvalue weighted by Gasteiger charge is -2.23. The summed E-state index contributed by atoms with van der Waals surface area (Å²) in [4.78, 5) is 39.7. The van der Waals surface area contributed by atoms with Crippen molar-refractivity contribution in [1.29, 1.82) is 0 Å². The highest BCUT2D eigenvalue weighted by Crippen LogP contribution is 2.28. The minimum absolute atomic E-state index is 0.0125. The van der Waals surface area contributed by atoms with Gasteiger partial charge in [-0.05, 0) is 54.3 Å². The van der Waals surface area contributed by atoms with Crippen LogP contribution in [0.5, 0.6) is 0 Å². The van der Waals surface area contributed by atoms with Gasteiger partial charge in [0.05, 0.1) is 19.8 Å². The van der Waals surface area contributed by atoms with Crippen LogP contribution < -0.4 is 10.2 Å². The summed E-state index contributed by atoms with van der Waals surface area (Å²) in [5.41, 5.74) is 3.88. The predicted octanol–water partition coefficient (Wildman–Crippen LogP) is 4.55. The summed E-state index contributed by atoms with van der Waals surface area (Å²) in [6.07, 6.45) is 7.99. The predicted molar refractivity (Wildman–Crippen MR) is 131 cm³/mol. The minimum atomic E-state index is -0.712. The summed E-state index contributed by atoms with van der Waals surface area (Å²) in [7, 11) is 2.48. The maximum atomic E-state index is 13.2. The third kappa shape index (κ3) is 5.09. The molecule has 0 bridgehead atoms. The van der Waals surface area contributed by atoms with Crippen LogP contribution in [-0.4, -0.2) is 32.1 Å². The molecule has 2 aromatic rings. The van der Waals surface area contributed by atoms with Crippen LogP contribution in [0.25, 0.3) is 0 Å². The van der Waals surface area contributed by atoms with Crippen molar-refractivity contribution in [2.75, 3.05) is 24.4 Å². The van der Waals surface area contributed by atoms with E-state index in [1.165, 1.54) is 25.2 Å². The van der Waals surface area contributed by atoms with Crippen molar-refractivity contribution in [3.63, 3.8) is 0 Å². The number of allylic oxidation sites excluding steroid dienone is 2. The Morgan fingerprint density at radius 3 is 2.15 bits per heavy atom. The summed E-state index contributed by atoms with van der Waals surface area (Å²) in [5, 5.41) is 3.06. The first-order valence-corrected chi connectivity index (χ1v) is 11.0. The molecule has 1 N–H and O–H groups in total. The largest absolute Gasteiger partial charge is 0.465 e. The topological polar surface area (TPSA) is 84.9 Å². The van der Waals surface area contributed by atoms with Crippen molar-refractivity contribution in [3.8, 4) is 0 Å². The number of methoxy groups -OCH3 is 2. The van der Waals surface area contributed by atoms with Gasteiger partial charge in [0.25, 0.3) is 5.91 Å². The maximum Gasteiger partial charge on any atom is 0.355 e. The number of amides is 1. The number of ether oxygens (including phenoxy) is 2. The van der Waals surface area contributed by atoms with Crippen molar-refractivity contribution in [2.45, 2.75) is 26.7 Å². The number of aryl methyl sites for hydroxylation is 2. The van der Waals surface area contributed by atoms with Crippen LogP contribution in [0.15, 0.2) is 78.2 Å². The molecule has 1 heterocycles. The summed E-state index contributed by atoms with van der Waals surface area (Å²) in [6.45, 7) is 4.09. The van der Waals surface area contributed by atoms with Crippen LogP contribution in [0.3, 0.4) is 0 Å². The first-order valence-electron chi connectivity index (χ1n) is 11.0. The molecule has 34 heavy (non-hydrogen) atoms. The van der Waals surface area contributed by atoms with E-state index in [1.807, 2.05) is 32.0 Å². The molecular weight excluding hydrogens is 432 g/mol. The van der Waals surface area contributed by atoms with Crippen molar-refractivity contribution < 1.29 is 23.9 Å². The van der Waals surface area contributed by atoms with Gasteiger partial charge < -0.3 is 19.7 Å². The fraction of sp³-hybridized carbons (Fsp3) is 0.222. The van der Waals surface area contributed by atoms with Gasteiger partial charge in [-0.3, -0.25) is 4.79 Å². The van der Waals surface area contributed by atoms with E-state index in [0.29, 0.717) is 11.3 Å². The van der Waals surface area contributed by atoms with Gasteiger partial charge in [0.2, 0.25) is 0 Å². The molecule has 2 aromatic carbocycles. The van der Waals surface area contributed by atoms with E-state index in [0.717, 1.165) is 29.7 Å². The third-order valence-corrected chi connectivity index (χ3v) is 5.51. The average molecular weight is 461 g/mol. The zero-order valence-corrected chi connectivity index (χ0v) is 19.8. The molecule has 0 saturated carbocycles. The molecular formula is C27H28N2O5. The normalized spacial score (nSPS) is 12.9. The molecule has 3 rings (SSSR count). The Morgan fingerprint density at radius 2 is 1.53 bits per heavy atom. The number of carbonyl (C=O) groups is 3. The summed E-state index contributed by atoms with van der Waals surface area (Å²) in [6, 6.07) is 12.8. The molecule has 1 aliphatic heterocycles. The number of esters is 2. The number of nitrogens with one attached hydrogen (secondary N) is 1. The molecule has 0 aromatic heterocycles. The zero-order valence-electron chi connectivity index (χ0n) is 19.8. The Kier molecular flexibility index (Phi) is 8.03. The Labute approximate surface area is 199 Å². The molecule has 0 unspecified atom stereocenters. The summed E-state index contributed by atoms with van der Waals surface area (Å²) < 4.78 is 9.79. The van der Waals surface area contributed by atoms with E-state index in [4.69, 9.17) is 9.47 Å². The van der Waals surface area contributed by atoms with Crippen LogP contribution in [-0.2, 0) is 31.9 Å². The second-order valence-corrected chi connectivity index (χ2v) is 7.48. The molecule has 0 atom stereocenters. The number of nitrogens with zero attached hydrogens (tertiary/aromatic N) is 1. The maximum absolute atomic E-state index is 13.2. The second-order valence-electron chi connectivity index (χ2n) is 7.48. The monoisotopic (exact) mass is 460 g/mol. The van der Waals surface area contributed by atoms with Gasteiger partial charge in [-0.1, -0.05) is 44.2 Å². The van der Waals surface area contributed by atoms with Crippen molar-refractivity contribution in [2.24, 2.45) is 0 Å². The Bertz CT molecular complexity index is 1170. The third-order valence-electron chi connectivity index (χ3n) is 5.51. The molecule has 7 heteroatoms. The van der Waals surface area contributed by atoms with Gasteiger partial charge in [0.15, 0.2) is 0 Å². The van der Waals surface area contributed by atoms with Gasteiger partial charge >= 0.3 is 11.9 Å². The molecule has 0 saturated heterocycles. The highest BCUT2D eigenvalue weighted by atomic mass is 16.5. The zero-order chi connectivity index (χ0) is 24.7. The SMILES string of the molecule is CCc1cccc(CC)c1NC(=O)c1cccc(N2C=CC=CC(C(=O)OC)=C2C(=O)OC)c1. The number of para-hydroxylation sites is 1. The standard InChI is InChI=1S/C27H28N2O5/c1-5-18-11-9-12-19(6-2)23(18)28-25(30)20-13-10-14-21(17-20)29-16-8-7-15-22(26(31)33-3)24(29)27(32)34-4/h7-17H,5-6H2,1-4H3,(H,28,30). The van der Waals surface area contributed by atoms with E-state index in [9.17, 15) is 14.4 Å². The van der Waals surface area contributed by atoms with Crippen molar-refractivity contribution in [3.05, 3.63) is 94.9 Å². The fourth-order valence-corrected chi connectivity index (χ4v) is 3.75. The molecule has 0 aliphatic carbocycles. The molecule has 0 spiro atoms. The van der Waals surface area contributed by atoms with Gasteiger partial charge in [-0.25, -0.2) is 9.59 Å². The van der Waals surface area contributed by atoms with Gasteiger partial charge in [-0.15, -0.1) is 0 Å². The van der Waals surface area contributed by atoms with Crippen LogP contribution >= 0.6 is 0 Å². The quantitative estimate of drug-likeness (QED) is 0.610.